The smallest absolute Gasteiger partial charge is 0.165 e. The molecule has 3 heteroatoms. The van der Waals surface area contributed by atoms with Crippen LogP contribution in [0.1, 0.15) is 41.0 Å². The SMILES string of the molecule is Fc1cccnc1N1CCC(C2c3ccccc3C=Cc3ccccc32)CC1. The first kappa shape index (κ1) is 17.2. The Kier molecular flexibility index (Phi) is 4.44. The molecule has 0 amide bonds. The van der Waals surface area contributed by atoms with Gasteiger partial charge in [-0.1, -0.05) is 60.7 Å². The lowest BCUT2D eigenvalue weighted by Crippen LogP contribution is -2.37. The summed E-state index contributed by atoms with van der Waals surface area (Å²) in [6.07, 6.45) is 8.22. The van der Waals surface area contributed by atoms with Crippen molar-refractivity contribution in [1.82, 2.24) is 4.98 Å². The van der Waals surface area contributed by atoms with Crippen LogP contribution in [0.15, 0.2) is 66.9 Å². The van der Waals surface area contributed by atoms with E-state index < -0.39 is 0 Å². The van der Waals surface area contributed by atoms with E-state index in [4.69, 9.17) is 0 Å². The zero-order valence-electron chi connectivity index (χ0n) is 15.8. The van der Waals surface area contributed by atoms with Crippen LogP contribution in [-0.2, 0) is 0 Å². The van der Waals surface area contributed by atoms with E-state index in [1.165, 1.54) is 28.3 Å². The molecule has 1 aliphatic heterocycles. The van der Waals surface area contributed by atoms with Crippen LogP contribution in [0.3, 0.4) is 0 Å². The van der Waals surface area contributed by atoms with E-state index in [0.717, 1.165) is 25.9 Å². The Morgan fingerprint density at radius 3 is 2.00 bits per heavy atom. The summed E-state index contributed by atoms with van der Waals surface area (Å²) in [6, 6.07) is 20.6. The molecule has 0 bridgehead atoms. The van der Waals surface area contributed by atoms with Gasteiger partial charge < -0.3 is 4.90 Å². The Balaban J connectivity index is 1.47. The molecule has 2 aromatic carbocycles. The number of anilines is 1. The van der Waals surface area contributed by atoms with Crippen LogP contribution >= 0.6 is 0 Å². The van der Waals surface area contributed by atoms with Crippen molar-refractivity contribution in [3.63, 3.8) is 0 Å². The summed E-state index contributed by atoms with van der Waals surface area (Å²) in [5, 5.41) is 0. The van der Waals surface area contributed by atoms with Gasteiger partial charge in [-0.25, -0.2) is 9.37 Å². The molecule has 3 aromatic rings. The van der Waals surface area contributed by atoms with Crippen LogP contribution in [-0.4, -0.2) is 18.1 Å². The number of benzene rings is 2. The molecular weight excluding hydrogens is 347 g/mol. The Bertz CT molecular complexity index is 969. The zero-order chi connectivity index (χ0) is 18.9. The summed E-state index contributed by atoms with van der Waals surface area (Å²) in [5.41, 5.74) is 5.43. The van der Waals surface area contributed by atoms with Crippen molar-refractivity contribution in [2.24, 2.45) is 5.92 Å². The Labute approximate surface area is 165 Å². The monoisotopic (exact) mass is 370 g/mol. The van der Waals surface area contributed by atoms with Crippen LogP contribution < -0.4 is 4.90 Å². The van der Waals surface area contributed by atoms with Gasteiger partial charge in [0, 0.05) is 25.2 Å². The van der Waals surface area contributed by atoms with Gasteiger partial charge in [-0.15, -0.1) is 0 Å². The highest BCUT2D eigenvalue weighted by Crippen LogP contribution is 2.43. The number of pyridine rings is 1. The number of rotatable bonds is 2. The van der Waals surface area contributed by atoms with Gasteiger partial charge in [0.1, 0.15) is 0 Å². The van der Waals surface area contributed by atoms with E-state index in [2.05, 4.69) is 70.6 Å². The van der Waals surface area contributed by atoms with Gasteiger partial charge in [-0.2, -0.15) is 0 Å². The second kappa shape index (κ2) is 7.23. The molecule has 0 saturated carbocycles. The molecule has 1 aromatic heterocycles. The van der Waals surface area contributed by atoms with E-state index >= 15 is 0 Å². The largest absolute Gasteiger partial charge is 0.354 e. The highest BCUT2D eigenvalue weighted by Gasteiger charge is 2.32. The molecule has 0 atom stereocenters. The lowest BCUT2D eigenvalue weighted by molar-refractivity contribution is 0.365. The summed E-state index contributed by atoms with van der Waals surface area (Å²) in [5.74, 6) is 1.17. The zero-order valence-corrected chi connectivity index (χ0v) is 15.8. The van der Waals surface area contributed by atoms with Crippen molar-refractivity contribution in [2.45, 2.75) is 18.8 Å². The van der Waals surface area contributed by atoms with Gasteiger partial charge in [0.05, 0.1) is 0 Å². The van der Waals surface area contributed by atoms with Gasteiger partial charge in [0.2, 0.25) is 0 Å². The molecule has 28 heavy (non-hydrogen) atoms. The quantitative estimate of drug-likeness (QED) is 0.571. The van der Waals surface area contributed by atoms with Crippen molar-refractivity contribution < 1.29 is 4.39 Å². The van der Waals surface area contributed by atoms with Gasteiger partial charge >= 0.3 is 0 Å². The van der Waals surface area contributed by atoms with E-state index in [0.29, 0.717) is 17.7 Å². The Morgan fingerprint density at radius 2 is 1.39 bits per heavy atom. The van der Waals surface area contributed by atoms with Crippen molar-refractivity contribution in [2.75, 3.05) is 18.0 Å². The minimum atomic E-state index is -0.227. The summed E-state index contributed by atoms with van der Waals surface area (Å²) >= 11 is 0. The van der Waals surface area contributed by atoms with Crippen molar-refractivity contribution in [1.29, 1.82) is 0 Å². The van der Waals surface area contributed by atoms with E-state index in [-0.39, 0.29) is 5.82 Å². The standard InChI is InChI=1S/C25H23FN2/c26-23-10-5-15-27-25(23)28-16-13-20(14-17-28)24-21-8-3-1-6-18(21)11-12-19-7-2-4-9-22(19)24/h1-12,15,20,24H,13-14,16-17H2. The van der Waals surface area contributed by atoms with Crippen molar-refractivity contribution in [3.8, 4) is 0 Å². The number of piperidine rings is 1. The molecule has 140 valence electrons. The molecule has 1 aliphatic carbocycles. The van der Waals surface area contributed by atoms with Crippen LogP contribution in [0.5, 0.6) is 0 Å². The number of hydrogen-bond donors (Lipinski definition) is 0. The van der Waals surface area contributed by atoms with Crippen LogP contribution in [0.2, 0.25) is 0 Å². The third-order valence-electron chi connectivity index (χ3n) is 6.15. The molecule has 0 spiro atoms. The third-order valence-corrected chi connectivity index (χ3v) is 6.15. The number of aromatic nitrogens is 1. The molecule has 0 unspecified atom stereocenters. The molecule has 0 radical (unpaired) electrons. The highest BCUT2D eigenvalue weighted by molar-refractivity contribution is 5.76. The highest BCUT2D eigenvalue weighted by atomic mass is 19.1. The van der Waals surface area contributed by atoms with Crippen LogP contribution in [0, 0.1) is 11.7 Å². The summed E-state index contributed by atoms with van der Waals surface area (Å²) in [4.78, 5) is 6.36. The third kappa shape index (κ3) is 3.01. The predicted octanol–water partition coefficient (Wildman–Crippen LogP) is 5.75. The second-order valence-electron chi connectivity index (χ2n) is 7.70. The molecule has 2 nitrogen and oxygen atoms in total. The molecule has 2 heterocycles. The van der Waals surface area contributed by atoms with Gasteiger partial charge in [-0.05, 0) is 53.1 Å². The second-order valence-corrected chi connectivity index (χ2v) is 7.70. The lowest BCUT2D eigenvalue weighted by Gasteiger charge is -2.37. The lowest BCUT2D eigenvalue weighted by atomic mass is 9.74. The molecular formula is C25H23FN2. The maximum atomic E-state index is 14.2. The fourth-order valence-electron chi connectivity index (χ4n) is 4.80. The van der Waals surface area contributed by atoms with Crippen molar-refractivity contribution in [3.05, 3.63) is 94.9 Å². The number of nitrogens with zero attached hydrogens (tertiary/aromatic N) is 2. The summed E-state index contributed by atoms with van der Waals surface area (Å²) < 4.78 is 14.2. The maximum absolute atomic E-state index is 14.2. The molecule has 2 aliphatic rings. The fraction of sp³-hybridized carbons (Fsp3) is 0.240. The van der Waals surface area contributed by atoms with Gasteiger partial charge in [-0.3, -0.25) is 0 Å². The first-order chi connectivity index (χ1) is 13.8. The number of halogens is 1. The molecule has 0 N–H and O–H groups in total. The van der Waals surface area contributed by atoms with E-state index in [9.17, 15) is 4.39 Å². The average molecular weight is 370 g/mol. The first-order valence-electron chi connectivity index (χ1n) is 10.0. The first-order valence-corrected chi connectivity index (χ1v) is 10.0. The van der Waals surface area contributed by atoms with Crippen molar-refractivity contribution >= 4 is 18.0 Å². The maximum Gasteiger partial charge on any atom is 0.165 e. The summed E-state index contributed by atoms with van der Waals surface area (Å²) in [7, 11) is 0. The van der Waals surface area contributed by atoms with Gasteiger partial charge in [0.25, 0.3) is 0 Å². The number of hydrogen-bond acceptors (Lipinski definition) is 2. The molecule has 5 rings (SSSR count). The van der Waals surface area contributed by atoms with E-state index in [1.54, 1.807) is 12.3 Å². The number of fused-ring (bicyclic) bond motifs is 2. The predicted molar refractivity (Wildman–Crippen MR) is 113 cm³/mol. The minimum Gasteiger partial charge on any atom is -0.354 e. The van der Waals surface area contributed by atoms with Crippen LogP contribution in [0.4, 0.5) is 10.2 Å². The van der Waals surface area contributed by atoms with E-state index in [1.807, 2.05) is 0 Å². The Hall–Kier alpha value is -2.94. The van der Waals surface area contributed by atoms with Gasteiger partial charge in [0.15, 0.2) is 11.6 Å². The molecule has 1 fully saturated rings. The topological polar surface area (TPSA) is 16.1 Å². The normalized spacial score (nSPS) is 17.1. The minimum absolute atomic E-state index is 0.227. The Morgan fingerprint density at radius 1 is 0.786 bits per heavy atom. The van der Waals surface area contributed by atoms with Crippen LogP contribution in [0.25, 0.3) is 12.2 Å². The molecule has 1 saturated heterocycles. The average Bonchev–Trinajstić information content (AvgIpc) is 2.91. The fourth-order valence-corrected chi connectivity index (χ4v) is 4.80. The summed E-state index contributed by atoms with van der Waals surface area (Å²) in [6.45, 7) is 1.68.